The molecule has 3 aromatic heterocycles. The Morgan fingerprint density at radius 1 is 1.04 bits per heavy atom. The summed E-state index contributed by atoms with van der Waals surface area (Å²) in [6, 6.07) is 10.2. The third-order valence-electron chi connectivity index (χ3n) is 3.98. The van der Waals surface area contributed by atoms with Crippen molar-refractivity contribution in [1.82, 2.24) is 30.2 Å². The molecule has 0 aliphatic heterocycles. The van der Waals surface area contributed by atoms with Crippen LogP contribution in [0.15, 0.2) is 55.0 Å². The van der Waals surface area contributed by atoms with Crippen molar-refractivity contribution in [2.24, 2.45) is 0 Å². The normalized spacial score (nSPS) is 10.8. The second-order valence-electron chi connectivity index (χ2n) is 5.72. The van der Waals surface area contributed by atoms with E-state index in [1.165, 1.54) is 16.8 Å². The van der Waals surface area contributed by atoms with Crippen molar-refractivity contribution in [2.75, 3.05) is 5.32 Å². The van der Waals surface area contributed by atoms with Crippen molar-refractivity contribution in [1.29, 1.82) is 0 Å². The van der Waals surface area contributed by atoms with Crippen LogP contribution in [0.4, 0.5) is 10.3 Å². The van der Waals surface area contributed by atoms with Crippen LogP contribution in [-0.2, 0) is 6.54 Å². The summed E-state index contributed by atoms with van der Waals surface area (Å²) in [5.74, 6) is -0.292. The van der Waals surface area contributed by atoms with Gasteiger partial charge in [-0.15, -0.1) is 0 Å². The fourth-order valence-corrected chi connectivity index (χ4v) is 3.05. The molecule has 140 valence electrons. The van der Waals surface area contributed by atoms with Gasteiger partial charge in [-0.25, -0.2) is 4.39 Å². The van der Waals surface area contributed by atoms with Crippen molar-refractivity contribution in [2.45, 2.75) is 6.54 Å². The lowest BCUT2D eigenvalue weighted by molar-refractivity contribution is 0.627. The molecule has 1 aromatic carbocycles. The molecule has 0 bridgehead atoms. The van der Waals surface area contributed by atoms with Crippen molar-refractivity contribution in [3.63, 3.8) is 0 Å². The summed E-state index contributed by atoms with van der Waals surface area (Å²) >= 11 is 12.0. The number of anilines is 1. The lowest BCUT2D eigenvalue weighted by atomic mass is 10.1. The predicted molar refractivity (Wildman–Crippen MR) is 104 cm³/mol. The molecule has 28 heavy (non-hydrogen) atoms. The topological polar surface area (TPSA) is 81.4 Å². The van der Waals surface area contributed by atoms with E-state index in [-0.39, 0.29) is 10.0 Å². The van der Waals surface area contributed by atoms with Gasteiger partial charge in [-0.2, -0.15) is 4.68 Å². The van der Waals surface area contributed by atoms with Crippen LogP contribution in [-0.4, -0.2) is 30.2 Å². The zero-order valence-corrected chi connectivity index (χ0v) is 15.7. The van der Waals surface area contributed by atoms with Gasteiger partial charge in [-0.05, 0) is 46.3 Å². The average molecular weight is 416 g/mol. The molecule has 0 aliphatic carbocycles. The molecule has 4 rings (SSSR count). The van der Waals surface area contributed by atoms with Crippen LogP contribution < -0.4 is 5.32 Å². The highest BCUT2D eigenvalue weighted by molar-refractivity contribution is 6.43. The Hall–Kier alpha value is -3.10. The third-order valence-corrected chi connectivity index (χ3v) is 4.82. The summed E-state index contributed by atoms with van der Waals surface area (Å²) in [5.41, 5.74) is 2.98. The molecular formula is C18H12Cl2FN7. The van der Waals surface area contributed by atoms with Crippen LogP contribution >= 0.6 is 23.2 Å². The minimum absolute atomic E-state index is 0.0226. The molecule has 3 heterocycles. The summed E-state index contributed by atoms with van der Waals surface area (Å²) < 4.78 is 14.9. The van der Waals surface area contributed by atoms with Gasteiger partial charge in [-0.1, -0.05) is 34.4 Å². The van der Waals surface area contributed by atoms with Crippen LogP contribution in [0.1, 0.15) is 5.56 Å². The first-order chi connectivity index (χ1) is 13.6. The van der Waals surface area contributed by atoms with Gasteiger partial charge in [-0.3, -0.25) is 9.97 Å². The first-order valence-corrected chi connectivity index (χ1v) is 8.91. The Morgan fingerprint density at radius 3 is 2.71 bits per heavy atom. The molecule has 0 aliphatic rings. The summed E-state index contributed by atoms with van der Waals surface area (Å²) in [5, 5.41) is 14.5. The molecule has 0 fully saturated rings. The summed E-state index contributed by atoms with van der Waals surface area (Å²) in [6.45, 7) is 0.394. The summed E-state index contributed by atoms with van der Waals surface area (Å²) in [6.07, 6.45) is 5.17. The van der Waals surface area contributed by atoms with Gasteiger partial charge in [0.2, 0.25) is 5.95 Å². The number of benzene rings is 1. The van der Waals surface area contributed by atoms with E-state index in [9.17, 15) is 4.39 Å². The maximum atomic E-state index is 13.6. The standard InChI is InChI=1S/C18H12Cl2FN7/c19-15-13(21)5-6-14(16(15)20)28-18(25-26-27-28)24-10-12-4-2-8-23-17(12)11-3-1-7-22-9-11/h1-9H,10H2,(H,24,25,27). The van der Waals surface area contributed by atoms with Crippen molar-refractivity contribution >= 4 is 29.2 Å². The molecule has 10 heteroatoms. The number of hydrogen-bond acceptors (Lipinski definition) is 6. The average Bonchev–Trinajstić information content (AvgIpc) is 3.20. The number of halogens is 3. The fraction of sp³-hybridized carbons (Fsp3) is 0.0556. The predicted octanol–water partition coefficient (Wildman–Crippen LogP) is 4.18. The van der Waals surface area contributed by atoms with Gasteiger partial charge < -0.3 is 5.32 Å². The molecule has 7 nitrogen and oxygen atoms in total. The van der Waals surface area contributed by atoms with Gasteiger partial charge >= 0.3 is 0 Å². The minimum atomic E-state index is -0.616. The number of pyridine rings is 2. The van der Waals surface area contributed by atoms with Crippen LogP contribution in [0.25, 0.3) is 16.9 Å². The van der Waals surface area contributed by atoms with Gasteiger partial charge in [0.05, 0.1) is 21.4 Å². The Bertz CT molecular complexity index is 1120. The van der Waals surface area contributed by atoms with Crippen LogP contribution in [0.3, 0.4) is 0 Å². The number of nitrogens with one attached hydrogen (secondary N) is 1. The molecule has 0 atom stereocenters. The Morgan fingerprint density at radius 2 is 1.89 bits per heavy atom. The van der Waals surface area contributed by atoms with E-state index in [4.69, 9.17) is 23.2 Å². The quantitative estimate of drug-likeness (QED) is 0.492. The van der Waals surface area contributed by atoms with Gasteiger partial charge in [0.1, 0.15) is 5.82 Å². The molecule has 0 saturated heterocycles. The van der Waals surface area contributed by atoms with Crippen molar-refractivity contribution in [3.05, 3.63) is 76.4 Å². The van der Waals surface area contributed by atoms with Crippen molar-refractivity contribution < 1.29 is 4.39 Å². The second kappa shape index (κ2) is 7.87. The number of nitrogens with zero attached hydrogens (tertiary/aromatic N) is 6. The third kappa shape index (κ3) is 3.51. The Kier molecular flexibility index (Phi) is 5.14. The smallest absolute Gasteiger partial charge is 0.248 e. The minimum Gasteiger partial charge on any atom is -0.349 e. The molecule has 4 aromatic rings. The fourth-order valence-electron chi connectivity index (χ4n) is 2.66. The zero-order chi connectivity index (χ0) is 19.5. The SMILES string of the molecule is Fc1ccc(-n2nnnc2NCc2cccnc2-c2cccnc2)c(Cl)c1Cl. The Labute approximate surface area is 169 Å². The van der Waals surface area contributed by atoms with E-state index in [2.05, 4.69) is 30.8 Å². The lowest BCUT2D eigenvalue weighted by Crippen LogP contribution is -2.09. The molecular weight excluding hydrogens is 404 g/mol. The highest BCUT2D eigenvalue weighted by atomic mass is 35.5. The number of aromatic nitrogens is 6. The van der Waals surface area contributed by atoms with Gasteiger partial charge in [0, 0.05) is 30.7 Å². The first kappa shape index (κ1) is 18.3. The molecule has 0 amide bonds. The van der Waals surface area contributed by atoms with Crippen LogP contribution in [0, 0.1) is 5.82 Å². The second-order valence-corrected chi connectivity index (χ2v) is 6.47. The van der Waals surface area contributed by atoms with E-state index in [0.717, 1.165) is 16.8 Å². The molecule has 1 N–H and O–H groups in total. The monoisotopic (exact) mass is 415 g/mol. The highest BCUT2D eigenvalue weighted by Crippen LogP contribution is 2.31. The number of hydrogen-bond donors (Lipinski definition) is 1. The maximum absolute atomic E-state index is 13.6. The first-order valence-electron chi connectivity index (χ1n) is 8.15. The van der Waals surface area contributed by atoms with Gasteiger partial charge in [0.15, 0.2) is 0 Å². The highest BCUT2D eigenvalue weighted by Gasteiger charge is 2.16. The molecule has 0 saturated carbocycles. The molecule has 0 unspecified atom stereocenters. The van der Waals surface area contributed by atoms with Gasteiger partial charge in [0.25, 0.3) is 0 Å². The number of tetrazole rings is 1. The van der Waals surface area contributed by atoms with Crippen LogP contribution in [0.5, 0.6) is 0 Å². The zero-order valence-electron chi connectivity index (χ0n) is 14.2. The largest absolute Gasteiger partial charge is 0.349 e. The Balaban J connectivity index is 1.62. The summed E-state index contributed by atoms with van der Waals surface area (Å²) in [7, 11) is 0. The summed E-state index contributed by atoms with van der Waals surface area (Å²) in [4.78, 5) is 8.58. The van der Waals surface area contributed by atoms with Crippen LogP contribution in [0.2, 0.25) is 10.0 Å². The van der Waals surface area contributed by atoms with E-state index in [1.807, 2.05) is 24.3 Å². The lowest BCUT2D eigenvalue weighted by Gasteiger charge is -2.11. The molecule has 0 radical (unpaired) electrons. The van der Waals surface area contributed by atoms with E-state index in [0.29, 0.717) is 18.2 Å². The van der Waals surface area contributed by atoms with Crippen molar-refractivity contribution in [3.8, 4) is 16.9 Å². The van der Waals surface area contributed by atoms with E-state index >= 15 is 0 Å². The number of rotatable bonds is 5. The van der Waals surface area contributed by atoms with E-state index < -0.39 is 5.82 Å². The molecule has 0 spiro atoms. The maximum Gasteiger partial charge on any atom is 0.248 e. The van der Waals surface area contributed by atoms with E-state index in [1.54, 1.807) is 18.6 Å².